The van der Waals surface area contributed by atoms with Crippen molar-refractivity contribution in [3.05, 3.63) is 24.3 Å². The standard InChI is InChI=1S/C67H127NO10/c1-4-7-10-13-16-19-22-25-27-29-30-31-32-33-35-37-40-43-46-49-52-55-62(72)78-65-64(74)63(73)61(56-69)77-67(65)76-57-58(59(70)53-50-47-44-41-38-24-21-18-15-12-9-6-3)68-66(75)60(71)54-51-48-45-42-39-36-34-28-26-23-20-17-14-11-8-5-2/h26,28,50,53,58-61,63-65,67,69-71,73-74H,4-25,27,29-49,51-52,54-57H2,1-3H3,(H,68,75)/b28-26+,53-50+. The van der Waals surface area contributed by atoms with E-state index in [9.17, 15) is 35.1 Å². The van der Waals surface area contributed by atoms with E-state index in [1.807, 2.05) is 6.08 Å². The second-order valence-electron chi connectivity index (χ2n) is 23.6. The number of hydrogen-bond donors (Lipinski definition) is 6. The predicted octanol–water partition coefficient (Wildman–Crippen LogP) is 16.5. The molecule has 78 heavy (non-hydrogen) atoms. The van der Waals surface area contributed by atoms with Gasteiger partial charge in [0.2, 0.25) is 5.91 Å². The van der Waals surface area contributed by atoms with E-state index in [1.54, 1.807) is 6.08 Å². The molecule has 0 aromatic rings. The number of nitrogens with one attached hydrogen (secondary N) is 1. The van der Waals surface area contributed by atoms with Crippen LogP contribution in [-0.2, 0) is 23.8 Å². The Morgan fingerprint density at radius 1 is 0.487 bits per heavy atom. The lowest BCUT2D eigenvalue weighted by atomic mass is 9.99. The molecule has 1 saturated heterocycles. The molecule has 1 fully saturated rings. The van der Waals surface area contributed by atoms with Crippen molar-refractivity contribution in [2.45, 2.75) is 378 Å². The first kappa shape index (κ1) is 74.2. The van der Waals surface area contributed by atoms with Gasteiger partial charge in [-0.25, -0.2) is 0 Å². The lowest BCUT2D eigenvalue weighted by Crippen LogP contribution is -2.61. The fourth-order valence-corrected chi connectivity index (χ4v) is 10.8. The van der Waals surface area contributed by atoms with E-state index in [0.29, 0.717) is 12.8 Å². The zero-order valence-corrected chi connectivity index (χ0v) is 51.1. The molecule has 0 aromatic heterocycles. The maximum atomic E-state index is 13.4. The third-order valence-corrected chi connectivity index (χ3v) is 16.1. The third kappa shape index (κ3) is 42.9. The van der Waals surface area contributed by atoms with Crippen molar-refractivity contribution in [2.24, 2.45) is 0 Å². The van der Waals surface area contributed by atoms with Gasteiger partial charge >= 0.3 is 5.97 Å². The molecule has 1 aliphatic rings. The average molecular weight is 1110 g/mol. The van der Waals surface area contributed by atoms with Gasteiger partial charge in [-0.2, -0.15) is 0 Å². The number of carbonyl (C=O) groups excluding carboxylic acids is 2. The molecular formula is C67H127NO10. The number of carbonyl (C=O) groups is 2. The number of ether oxygens (including phenoxy) is 3. The van der Waals surface area contributed by atoms with Gasteiger partial charge in [0, 0.05) is 6.42 Å². The molecular weight excluding hydrogens is 979 g/mol. The SMILES string of the molecule is CCCCCCCC/C=C/CCCCCCCCC(O)C(=O)NC(COC1OC(CO)C(O)C(O)C1OC(=O)CCCCCCCCCCCCCCCCCCCCCCC)C(O)/C=C/CCCCCCCCCCCC. The van der Waals surface area contributed by atoms with Crippen LogP contribution in [0, 0.1) is 0 Å². The number of aliphatic hydroxyl groups is 5. The molecule has 11 heteroatoms. The summed E-state index contributed by atoms with van der Waals surface area (Å²) in [5.41, 5.74) is 0. The second-order valence-corrected chi connectivity index (χ2v) is 23.6. The minimum Gasteiger partial charge on any atom is -0.454 e. The lowest BCUT2D eigenvalue weighted by molar-refractivity contribution is -0.305. The molecule has 6 N–H and O–H groups in total. The molecule has 0 radical (unpaired) electrons. The third-order valence-electron chi connectivity index (χ3n) is 16.1. The first-order valence-corrected chi connectivity index (χ1v) is 33.6. The number of aliphatic hydroxyl groups excluding tert-OH is 5. The molecule has 1 amide bonds. The first-order valence-electron chi connectivity index (χ1n) is 33.6. The highest BCUT2D eigenvalue weighted by Gasteiger charge is 2.47. The molecule has 0 aliphatic carbocycles. The Balaban J connectivity index is 2.61. The summed E-state index contributed by atoms with van der Waals surface area (Å²) in [6, 6.07) is -1.02. The van der Waals surface area contributed by atoms with Crippen LogP contribution in [0.2, 0.25) is 0 Å². The predicted molar refractivity (Wildman–Crippen MR) is 324 cm³/mol. The van der Waals surface area contributed by atoms with Gasteiger partial charge in [-0.05, 0) is 51.4 Å². The Morgan fingerprint density at radius 3 is 1.24 bits per heavy atom. The van der Waals surface area contributed by atoms with Gasteiger partial charge in [-0.3, -0.25) is 9.59 Å². The summed E-state index contributed by atoms with van der Waals surface area (Å²) in [6.07, 6.45) is 55.0. The highest BCUT2D eigenvalue weighted by Crippen LogP contribution is 2.26. The highest BCUT2D eigenvalue weighted by atomic mass is 16.7. The molecule has 8 unspecified atom stereocenters. The number of unbranched alkanes of at least 4 members (excludes halogenated alkanes) is 42. The van der Waals surface area contributed by atoms with E-state index in [2.05, 4.69) is 38.2 Å². The smallest absolute Gasteiger partial charge is 0.306 e. The van der Waals surface area contributed by atoms with Gasteiger partial charge in [-0.1, -0.05) is 295 Å². The summed E-state index contributed by atoms with van der Waals surface area (Å²) in [4.78, 5) is 26.6. The Bertz CT molecular complexity index is 1360. The van der Waals surface area contributed by atoms with Crippen LogP contribution in [0.4, 0.5) is 0 Å². The Hall–Kier alpha value is -1.86. The minimum absolute atomic E-state index is 0.130. The van der Waals surface area contributed by atoms with E-state index in [1.165, 1.54) is 212 Å². The molecule has 11 nitrogen and oxygen atoms in total. The molecule has 460 valence electrons. The number of amides is 1. The van der Waals surface area contributed by atoms with Crippen molar-refractivity contribution in [2.75, 3.05) is 13.2 Å². The fourth-order valence-electron chi connectivity index (χ4n) is 10.8. The van der Waals surface area contributed by atoms with E-state index < -0.39 is 67.4 Å². The molecule has 0 bridgehead atoms. The van der Waals surface area contributed by atoms with Crippen molar-refractivity contribution in [1.29, 1.82) is 0 Å². The molecule has 1 aliphatic heterocycles. The fraction of sp³-hybridized carbons (Fsp3) is 0.910. The van der Waals surface area contributed by atoms with E-state index >= 15 is 0 Å². The summed E-state index contributed by atoms with van der Waals surface area (Å²) in [6.45, 7) is 5.83. The second kappa shape index (κ2) is 55.7. The minimum atomic E-state index is -1.61. The molecule has 1 rings (SSSR count). The molecule has 0 saturated carbocycles. The van der Waals surface area contributed by atoms with Crippen LogP contribution in [-0.4, -0.2) is 99.6 Å². The number of esters is 1. The van der Waals surface area contributed by atoms with Crippen molar-refractivity contribution in [3.8, 4) is 0 Å². The normalized spacial score (nSPS) is 19.0. The lowest BCUT2D eigenvalue weighted by Gasteiger charge is -2.41. The van der Waals surface area contributed by atoms with Gasteiger partial charge < -0.3 is 45.1 Å². The van der Waals surface area contributed by atoms with E-state index in [4.69, 9.17) is 14.2 Å². The Morgan fingerprint density at radius 2 is 0.846 bits per heavy atom. The highest BCUT2D eigenvalue weighted by molar-refractivity contribution is 5.80. The van der Waals surface area contributed by atoms with Crippen LogP contribution in [0.1, 0.15) is 329 Å². The van der Waals surface area contributed by atoms with Crippen molar-refractivity contribution in [1.82, 2.24) is 5.32 Å². The number of hydrogen-bond acceptors (Lipinski definition) is 10. The van der Waals surface area contributed by atoms with Crippen LogP contribution in [0.25, 0.3) is 0 Å². The van der Waals surface area contributed by atoms with Gasteiger partial charge in [-0.15, -0.1) is 0 Å². The average Bonchev–Trinajstić information content (AvgIpc) is 3.44. The summed E-state index contributed by atoms with van der Waals surface area (Å²) in [7, 11) is 0. The van der Waals surface area contributed by atoms with Gasteiger partial charge in [0.25, 0.3) is 0 Å². The zero-order chi connectivity index (χ0) is 56.8. The van der Waals surface area contributed by atoms with Gasteiger partial charge in [0.1, 0.15) is 24.4 Å². The van der Waals surface area contributed by atoms with Crippen LogP contribution in [0.3, 0.4) is 0 Å². The Labute approximate surface area is 480 Å². The molecule has 0 spiro atoms. The van der Waals surface area contributed by atoms with Crippen molar-refractivity contribution >= 4 is 11.9 Å². The van der Waals surface area contributed by atoms with Crippen LogP contribution in [0.5, 0.6) is 0 Å². The molecule has 1 heterocycles. The zero-order valence-electron chi connectivity index (χ0n) is 51.1. The van der Waals surface area contributed by atoms with Crippen molar-refractivity contribution in [3.63, 3.8) is 0 Å². The summed E-state index contributed by atoms with van der Waals surface area (Å²) >= 11 is 0. The maximum absolute atomic E-state index is 13.4. The van der Waals surface area contributed by atoms with E-state index in [0.717, 1.165) is 70.6 Å². The summed E-state index contributed by atoms with van der Waals surface area (Å²) < 4.78 is 17.7. The quantitative estimate of drug-likeness (QED) is 0.0195. The largest absolute Gasteiger partial charge is 0.454 e. The number of rotatable bonds is 58. The maximum Gasteiger partial charge on any atom is 0.306 e. The van der Waals surface area contributed by atoms with Gasteiger partial charge in [0.05, 0.1) is 25.4 Å². The topological polar surface area (TPSA) is 175 Å². The Kier molecular flexibility index (Phi) is 52.9. The van der Waals surface area contributed by atoms with Crippen molar-refractivity contribution < 1.29 is 49.3 Å². The van der Waals surface area contributed by atoms with Crippen LogP contribution in [0.15, 0.2) is 24.3 Å². The van der Waals surface area contributed by atoms with Crippen LogP contribution >= 0.6 is 0 Å². The van der Waals surface area contributed by atoms with Gasteiger partial charge in [0.15, 0.2) is 12.4 Å². The molecule has 0 aromatic carbocycles. The van der Waals surface area contributed by atoms with E-state index in [-0.39, 0.29) is 19.4 Å². The summed E-state index contributed by atoms with van der Waals surface area (Å²) in [5, 5.41) is 57.1. The first-order chi connectivity index (χ1) is 38.2. The summed E-state index contributed by atoms with van der Waals surface area (Å²) in [5.74, 6) is -1.18. The monoisotopic (exact) mass is 1110 g/mol. The van der Waals surface area contributed by atoms with Crippen LogP contribution < -0.4 is 5.32 Å². The molecule has 8 atom stereocenters. The number of allylic oxidation sites excluding steroid dienone is 3.